The van der Waals surface area contributed by atoms with Crippen LogP contribution in [0.25, 0.3) is 0 Å². The van der Waals surface area contributed by atoms with E-state index < -0.39 is 23.8 Å². The maximum Gasteiger partial charge on any atom is 0.417 e. The molecule has 1 unspecified atom stereocenters. The van der Waals surface area contributed by atoms with Gasteiger partial charge in [0, 0.05) is 12.3 Å². The first kappa shape index (κ1) is 18.3. The fourth-order valence-corrected chi connectivity index (χ4v) is 1.78. The van der Waals surface area contributed by atoms with Gasteiger partial charge < -0.3 is 19.4 Å². The highest BCUT2D eigenvalue weighted by Crippen LogP contribution is 2.30. The third-order valence-corrected chi connectivity index (χ3v) is 2.94. The summed E-state index contributed by atoms with van der Waals surface area (Å²) in [6.45, 7) is 1.65. The molecule has 0 N–H and O–H groups in total. The van der Waals surface area contributed by atoms with Gasteiger partial charge >= 0.3 is 6.18 Å². The lowest BCUT2D eigenvalue weighted by atomic mass is 10.3. The predicted molar refractivity (Wildman–Crippen MR) is 80.0 cm³/mol. The molecule has 0 amide bonds. The van der Waals surface area contributed by atoms with E-state index in [1.807, 2.05) is 0 Å². The van der Waals surface area contributed by atoms with E-state index in [1.54, 1.807) is 31.2 Å². The lowest BCUT2D eigenvalue weighted by Gasteiger charge is -2.12. The molecule has 0 spiro atoms. The SMILES string of the molecule is CC(C=CC(=O)[O-])Oc1ccc(Oc2ccc(C(F)(F)F)cn2)cc1. The fraction of sp³-hybridized carbons (Fsp3) is 0.176. The second kappa shape index (κ2) is 7.69. The van der Waals surface area contributed by atoms with E-state index in [1.165, 1.54) is 6.08 Å². The van der Waals surface area contributed by atoms with Crippen molar-refractivity contribution in [3.05, 3.63) is 60.3 Å². The molecule has 8 heteroatoms. The van der Waals surface area contributed by atoms with Gasteiger partial charge in [0.1, 0.15) is 17.6 Å². The first-order valence-corrected chi connectivity index (χ1v) is 7.11. The number of carboxylic acids is 1. The number of carboxylic acid groups (broad SMARTS) is 1. The highest BCUT2D eigenvalue weighted by molar-refractivity contribution is 5.77. The highest BCUT2D eigenvalue weighted by Gasteiger charge is 2.30. The molecule has 0 aliphatic heterocycles. The summed E-state index contributed by atoms with van der Waals surface area (Å²) in [5.74, 6) is -0.476. The summed E-state index contributed by atoms with van der Waals surface area (Å²) in [5.41, 5.74) is -0.859. The number of pyridine rings is 1. The van der Waals surface area contributed by atoms with Crippen LogP contribution in [0.1, 0.15) is 12.5 Å². The number of halogens is 3. The van der Waals surface area contributed by atoms with Gasteiger partial charge in [-0.3, -0.25) is 0 Å². The second-order valence-electron chi connectivity index (χ2n) is 4.96. The fourth-order valence-electron chi connectivity index (χ4n) is 1.78. The Hall–Kier alpha value is -3.03. The van der Waals surface area contributed by atoms with E-state index in [0.29, 0.717) is 17.7 Å². The molecular weight excluding hydrogens is 339 g/mol. The number of alkyl halides is 3. The van der Waals surface area contributed by atoms with Crippen LogP contribution in [-0.2, 0) is 11.0 Å². The molecule has 5 nitrogen and oxygen atoms in total. The highest BCUT2D eigenvalue weighted by atomic mass is 19.4. The zero-order valence-corrected chi connectivity index (χ0v) is 13.0. The Labute approximate surface area is 141 Å². The first-order valence-electron chi connectivity index (χ1n) is 7.11. The lowest BCUT2D eigenvalue weighted by Crippen LogP contribution is -2.20. The summed E-state index contributed by atoms with van der Waals surface area (Å²) in [7, 11) is 0. The van der Waals surface area contributed by atoms with Crippen LogP contribution in [0.15, 0.2) is 54.7 Å². The van der Waals surface area contributed by atoms with Gasteiger partial charge in [-0.2, -0.15) is 13.2 Å². The van der Waals surface area contributed by atoms with E-state index in [9.17, 15) is 23.1 Å². The Morgan fingerprint density at radius 1 is 1.16 bits per heavy atom. The van der Waals surface area contributed by atoms with Crippen LogP contribution in [-0.4, -0.2) is 17.1 Å². The van der Waals surface area contributed by atoms with Crippen molar-refractivity contribution >= 4 is 5.97 Å². The Bertz CT molecular complexity index is 740. The Balaban J connectivity index is 1.97. The average molecular weight is 352 g/mol. The van der Waals surface area contributed by atoms with Crippen molar-refractivity contribution in [3.8, 4) is 17.4 Å². The molecule has 0 aliphatic rings. The monoisotopic (exact) mass is 352 g/mol. The molecule has 2 rings (SSSR count). The minimum absolute atomic E-state index is 0.0203. The zero-order chi connectivity index (χ0) is 18.4. The largest absolute Gasteiger partial charge is 0.545 e. The van der Waals surface area contributed by atoms with Crippen LogP contribution in [0.2, 0.25) is 0 Å². The summed E-state index contributed by atoms with van der Waals surface area (Å²) in [5, 5.41) is 10.3. The molecule has 0 radical (unpaired) electrons. The van der Waals surface area contributed by atoms with Crippen LogP contribution in [0.5, 0.6) is 17.4 Å². The Morgan fingerprint density at radius 2 is 1.80 bits per heavy atom. The number of aliphatic carboxylic acids is 1. The summed E-state index contributed by atoms with van der Waals surface area (Å²) in [4.78, 5) is 13.9. The topological polar surface area (TPSA) is 71.5 Å². The van der Waals surface area contributed by atoms with Gasteiger partial charge in [0.2, 0.25) is 5.88 Å². The van der Waals surface area contributed by atoms with Crippen molar-refractivity contribution in [1.29, 1.82) is 0 Å². The molecule has 0 saturated heterocycles. The van der Waals surface area contributed by atoms with Gasteiger partial charge in [0.25, 0.3) is 0 Å². The van der Waals surface area contributed by atoms with Gasteiger partial charge in [-0.1, -0.05) is 0 Å². The van der Waals surface area contributed by atoms with Crippen molar-refractivity contribution in [2.75, 3.05) is 0 Å². The number of nitrogens with zero attached hydrogens (tertiary/aromatic N) is 1. The van der Waals surface area contributed by atoms with Crippen molar-refractivity contribution in [2.45, 2.75) is 19.2 Å². The molecule has 132 valence electrons. The summed E-state index contributed by atoms with van der Waals surface area (Å²) in [6.07, 6.45) is -2.05. The van der Waals surface area contributed by atoms with Crippen molar-refractivity contribution < 1.29 is 32.5 Å². The molecule has 1 aromatic carbocycles. The molecule has 25 heavy (non-hydrogen) atoms. The van der Waals surface area contributed by atoms with Crippen molar-refractivity contribution in [1.82, 2.24) is 4.98 Å². The number of ether oxygens (including phenoxy) is 2. The Morgan fingerprint density at radius 3 is 2.32 bits per heavy atom. The van der Waals surface area contributed by atoms with E-state index in [0.717, 1.165) is 18.2 Å². The second-order valence-corrected chi connectivity index (χ2v) is 4.96. The van der Waals surface area contributed by atoms with Gasteiger partial charge in [0.05, 0.1) is 11.5 Å². The number of rotatable bonds is 6. The van der Waals surface area contributed by atoms with Crippen LogP contribution in [0, 0.1) is 0 Å². The molecule has 0 bridgehead atoms. The number of carbonyl (C=O) groups is 1. The number of benzene rings is 1. The van der Waals surface area contributed by atoms with Gasteiger partial charge in [-0.05, 0) is 49.4 Å². The van der Waals surface area contributed by atoms with E-state index in [-0.39, 0.29) is 5.88 Å². The standard InChI is InChI=1S/C17H14F3NO4/c1-11(2-9-16(22)23)24-13-4-6-14(7-5-13)25-15-8-3-12(10-21-15)17(18,19)20/h2-11H,1H3,(H,22,23)/p-1. The quantitative estimate of drug-likeness (QED) is 0.748. The third kappa shape index (κ3) is 5.83. The molecule has 0 saturated carbocycles. The Kier molecular flexibility index (Phi) is 5.63. The molecule has 1 heterocycles. The minimum atomic E-state index is -4.45. The summed E-state index contributed by atoms with van der Waals surface area (Å²) < 4.78 is 48.2. The predicted octanol–water partition coefficient (Wildman–Crippen LogP) is 2.97. The van der Waals surface area contributed by atoms with Gasteiger partial charge in [-0.15, -0.1) is 0 Å². The number of carbonyl (C=O) groups excluding carboxylic acids is 1. The van der Waals surface area contributed by atoms with Crippen LogP contribution < -0.4 is 14.6 Å². The average Bonchev–Trinajstić information content (AvgIpc) is 2.54. The van der Waals surface area contributed by atoms with Gasteiger partial charge in [0.15, 0.2) is 0 Å². The number of hydrogen-bond acceptors (Lipinski definition) is 5. The maximum absolute atomic E-state index is 12.5. The molecule has 0 fully saturated rings. The number of aromatic nitrogens is 1. The minimum Gasteiger partial charge on any atom is -0.545 e. The molecular formula is C17H13F3NO4-. The molecule has 2 aromatic rings. The maximum atomic E-state index is 12.5. The van der Waals surface area contributed by atoms with Crippen molar-refractivity contribution in [2.24, 2.45) is 0 Å². The smallest absolute Gasteiger partial charge is 0.417 e. The van der Waals surface area contributed by atoms with E-state index >= 15 is 0 Å². The van der Waals surface area contributed by atoms with Gasteiger partial charge in [-0.25, -0.2) is 4.98 Å². The molecule has 0 aliphatic carbocycles. The lowest BCUT2D eigenvalue weighted by molar-refractivity contribution is -0.297. The number of hydrogen-bond donors (Lipinski definition) is 0. The zero-order valence-electron chi connectivity index (χ0n) is 13.0. The molecule has 1 atom stereocenters. The molecule has 1 aromatic heterocycles. The van der Waals surface area contributed by atoms with Crippen LogP contribution in [0.3, 0.4) is 0 Å². The normalized spacial score (nSPS) is 12.8. The van der Waals surface area contributed by atoms with Crippen molar-refractivity contribution in [3.63, 3.8) is 0 Å². The van der Waals surface area contributed by atoms with E-state index in [2.05, 4.69) is 4.98 Å². The first-order chi connectivity index (χ1) is 11.7. The summed E-state index contributed by atoms with van der Waals surface area (Å²) >= 11 is 0. The van der Waals surface area contributed by atoms with Crippen LogP contribution >= 0.6 is 0 Å². The third-order valence-electron chi connectivity index (χ3n) is 2.94. The summed E-state index contributed by atoms with van der Waals surface area (Å²) in [6, 6.07) is 8.24. The van der Waals surface area contributed by atoms with E-state index in [4.69, 9.17) is 9.47 Å². The van der Waals surface area contributed by atoms with Crippen LogP contribution in [0.4, 0.5) is 13.2 Å².